The van der Waals surface area contributed by atoms with E-state index in [0.717, 1.165) is 11.1 Å². The third-order valence-corrected chi connectivity index (χ3v) is 5.70. The zero-order chi connectivity index (χ0) is 32.4. The molecule has 2 aromatic rings. The van der Waals surface area contributed by atoms with Crippen LogP contribution in [-0.4, -0.2) is 58.0 Å². The van der Waals surface area contributed by atoms with E-state index < -0.39 is 48.2 Å². The normalized spacial score (nSPS) is 13.0. The van der Waals surface area contributed by atoms with Crippen molar-refractivity contribution in [2.75, 3.05) is 0 Å². The number of carbonyl (C=O) groups excluding carboxylic acids is 3. The van der Waals surface area contributed by atoms with Crippen LogP contribution < -0.4 is 11.1 Å². The fourth-order valence-corrected chi connectivity index (χ4v) is 3.64. The number of carboxylic acid groups (broad SMARTS) is 1. The number of rotatable bonds is 14. The summed E-state index contributed by atoms with van der Waals surface area (Å²) >= 11 is 0. The first-order valence-electron chi connectivity index (χ1n) is 14.2. The average Bonchev–Trinajstić information content (AvgIpc) is 2.93. The summed E-state index contributed by atoms with van der Waals surface area (Å²) in [6, 6.07) is 17.3. The van der Waals surface area contributed by atoms with Crippen LogP contribution in [0.5, 0.6) is 0 Å². The number of nitrogens with one attached hydrogen (secondary N) is 1. The lowest BCUT2D eigenvalue weighted by molar-refractivity contribution is -0.148. The van der Waals surface area contributed by atoms with Gasteiger partial charge in [-0.05, 0) is 50.7 Å². The Morgan fingerprint density at radius 2 is 1.40 bits per heavy atom. The van der Waals surface area contributed by atoms with Crippen molar-refractivity contribution in [1.82, 2.24) is 5.32 Å². The van der Waals surface area contributed by atoms with E-state index >= 15 is 0 Å². The number of hydrogen-bond donors (Lipinski definition) is 4. The lowest BCUT2D eigenvalue weighted by Gasteiger charge is -2.27. The van der Waals surface area contributed by atoms with E-state index in [1.807, 2.05) is 74.5 Å². The van der Waals surface area contributed by atoms with E-state index in [4.69, 9.17) is 25.1 Å². The van der Waals surface area contributed by atoms with Crippen molar-refractivity contribution in [2.45, 2.75) is 97.3 Å². The van der Waals surface area contributed by atoms with Crippen LogP contribution in [0.2, 0.25) is 0 Å². The van der Waals surface area contributed by atoms with E-state index in [9.17, 15) is 24.3 Å². The highest BCUT2D eigenvalue weighted by Crippen LogP contribution is 2.13. The van der Waals surface area contributed by atoms with Gasteiger partial charge in [-0.2, -0.15) is 0 Å². The summed E-state index contributed by atoms with van der Waals surface area (Å²) in [7, 11) is 0. The number of hydrogen-bond acceptors (Lipinski definition) is 9. The second-order valence-corrected chi connectivity index (χ2v) is 11.4. The average molecular weight is 603 g/mol. The number of ether oxygens (including phenoxy) is 3. The summed E-state index contributed by atoms with van der Waals surface area (Å²) in [4.78, 5) is 45.8. The smallest absolute Gasteiger partial charge is 0.407 e. The molecule has 0 aliphatic rings. The SMILES string of the molecule is CC(C)C[C@H](NC(=O)OC(C)(C)C)[C@@H](O)CC(=O)O.N[C@@H](CCC(=O)OCc1ccccc1)C(=O)OCc1ccccc1. The molecule has 11 heteroatoms. The monoisotopic (exact) mass is 602 g/mol. The number of amides is 1. The molecule has 0 fully saturated rings. The Labute approximate surface area is 253 Å². The third-order valence-electron chi connectivity index (χ3n) is 5.70. The minimum Gasteiger partial charge on any atom is -0.481 e. The number of benzene rings is 2. The largest absolute Gasteiger partial charge is 0.481 e. The zero-order valence-corrected chi connectivity index (χ0v) is 25.7. The quantitative estimate of drug-likeness (QED) is 0.180. The maximum absolute atomic E-state index is 11.8. The summed E-state index contributed by atoms with van der Waals surface area (Å²) in [6.07, 6.45) is -1.44. The topological polar surface area (TPSA) is 174 Å². The van der Waals surface area contributed by atoms with Crippen molar-refractivity contribution in [3.05, 3.63) is 71.8 Å². The van der Waals surface area contributed by atoms with Crippen LogP contribution in [0.3, 0.4) is 0 Å². The van der Waals surface area contributed by atoms with Gasteiger partial charge in [0.15, 0.2) is 0 Å². The van der Waals surface area contributed by atoms with Crippen molar-refractivity contribution in [3.63, 3.8) is 0 Å². The molecule has 238 valence electrons. The molecule has 0 spiro atoms. The Kier molecular flexibility index (Phi) is 16.6. The first-order chi connectivity index (χ1) is 20.2. The van der Waals surface area contributed by atoms with Crippen LogP contribution in [0.4, 0.5) is 4.79 Å². The molecule has 0 aliphatic carbocycles. The Morgan fingerprint density at radius 1 is 0.884 bits per heavy atom. The van der Waals surface area contributed by atoms with Gasteiger partial charge in [0.25, 0.3) is 0 Å². The number of esters is 2. The molecule has 0 aromatic heterocycles. The van der Waals surface area contributed by atoms with Gasteiger partial charge in [-0.3, -0.25) is 14.4 Å². The first kappa shape index (κ1) is 37.1. The molecule has 0 aliphatic heterocycles. The highest BCUT2D eigenvalue weighted by molar-refractivity contribution is 5.77. The Morgan fingerprint density at radius 3 is 1.86 bits per heavy atom. The summed E-state index contributed by atoms with van der Waals surface area (Å²) in [5, 5.41) is 21.0. The van der Waals surface area contributed by atoms with Crippen molar-refractivity contribution in [3.8, 4) is 0 Å². The van der Waals surface area contributed by atoms with Gasteiger partial charge < -0.3 is 35.5 Å². The molecule has 0 saturated heterocycles. The van der Waals surface area contributed by atoms with Gasteiger partial charge in [0.2, 0.25) is 0 Å². The zero-order valence-electron chi connectivity index (χ0n) is 25.7. The molecular weight excluding hydrogens is 556 g/mol. The highest BCUT2D eigenvalue weighted by atomic mass is 16.6. The second kappa shape index (κ2) is 19.3. The molecule has 3 atom stereocenters. The number of carboxylic acids is 1. The lowest BCUT2D eigenvalue weighted by atomic mass is 9.97. The first-order valence-corrected chi connectivity index (χ1v) is 14.2. The second-order valence-electron chi connectivity index (χ2n) is 11.4. The molecule has 0 radical (unpaired) electrons. The standard InChI is InChI=1S/C19H21NO4.C13H25NO5/c20-17(19(22)24-14-16-9-5-2-6-10-16)11-12-18(21)23-13-15-7-3-1-4-8-15;1-8(2)6-9(10(15)7-11(16)17)14-12(18)19-13(3,4)5/h1-10,17H,11-14,20H2;8-10,15H,6-7H2,1-5H3,(H,14,18)(H,16,17)/t17-;9-,10-/m00/s1. The fraction of sp³-hybridized carbons (Fsp3) is 0.500. The van der Waals surface area contributed by atoms with Gasteiger partial charge in [-0.15, -0.1) is 0 Å². The summed E-state index contributed by atoms with van der Waals surface area (Å²) in [6.45, 7) is 9.45. The number of carbonyl (C=O) groups is 4. The summed E-state index contributed by atoms with van der Waals surface area (Å²) < 4.78 is 15.4. The van der Waals surface area contributed by atoms with Gasteiger partial charge in [0.05, 0.1) is 18.6 Å². The van der Waals surface area contributed by atoms with E-state index in [2.05, 4.69) is 5.32 Å². The molecule has 43 heavy (non-hydrogen) atoms. The Bertz CT molecular complexity index is 1120. The van der Waals surface area contributed by atoms with Crippen LogP contribution >= 0.6 is 0 Å². The predicted molar refractivity (Wildman–Crippen MR) is 161 cm³/mol. The number of aliphatic hydroxyl groups excluding tert-OH is 1. The van der Waals surface area contributed by atoms with Gasteiger partial charge >= 0.3 is 24.0 Å². The van der Waals surface area contributed by atoms with Crippen LogP contribution in [0.1, 0.15) is 71.4 Å². The van der Waals surface area contributed by atoms with E-state index in [1.54, 1.807) is 20.8 Å². The van der Waals surface area contributed by atoms with E-state index in [0.29, 0.717) is 6.42 Å². The number of alkyl carbamates (subject to hydrolysis) is 1. The molecule has 11 nitrogen and oxygen atoms in total. The number of aliphatic hydroxyl groups is 1. The summed E-state index contributed by atoms with van der Waals surface area (Å²) in [5.41, 5.74) is 6.92. The van der Waals surface area contributed by atoms with Gasteiger partial charge in [-0.1, -0.05) is 74.5 Å². The molecule has 2 aromatic carbocycles. The molecular formula is C32H46N2O9. The van der Waals surface area contributed by atoms with Crippen LogP contribution in [0, 0.1) is 5.92 Å². The van der Waals surface area contributed by atoms with Crippen molar-refractivity contribution >= 4 is 24.0 Å². The van der Waals surface area contributed by atoms with Gasteiger partial charge in [0.1, 0.15) is 24.9 Å². The molecule has 0 bridgehead atoms. The number of nitrogens with two attached hydrogens (primary N) is 1. The Hall–Kier alpha value is -3.96. The molecule has 0 unspecified atom stereocenters. The minimum atomic E-state index is -1.13. The van der Waals surface area contributed by atoms with Gasteiger partial charge in [-0.25, -0.2) is 4.79 Å². The lowest BCUT2D eigenvalue weighted by Crippen LogP contribution is -2.46. The maximum Gasteiger partial charge on any atom is 0.407 e. The molecule has 5 N–H and O–H groups in total. The van der Waals surface area contributed by atoms with E-state index in [-0.39, 0.29) is 37.9 Å². The fourth-order valence-electron chi connectivity index (χ4n) is 3.64. The highest BCUT2D eigenvalue weighted by Gasteiger charge is 2.26. The third kappa shape index (κ3) is 18.2. The number of aliphatic carboxylic acids is 1. The van der Waals surface area contributed by atoms with Crippen LogP contribution in [-0.2, 0) is 41.8 Å². The van der Waals surface area contributed by atoms with Crippen LogP contribution in [0.15, 0.2) is 60.7 Å². The summed E-state index contributed by atoms with van der Waals surface area (Å²) in [5.74, 6) is -1.80. The Balaban J connectivity index is 0.000000444. The molecule has 1 amide bonds. The van der Waals surface area contributed by atoms with Crippen LogP contribution in [0.25, 0.3) is 0 Å². The van der Waals surface area contributed by atoms with Crippen molar-refractivity contribution < 1.29 is 43.6 Å². The van der Waals surface area contributed by atoms with E-state index in [1.165, 1.54) is 0 Å². The molecule has 0 saturated carbocycles. The maximum atomic E-state index is 11.8. The van der Waals surface area contributed by atoms with Crippen molar-refractivity contribution in [1.29, 1.82) is 0 Å². The molecule has 2 rings (SSSR count). The van der Waals surface area contributed by atoms with Gasteiger partial charge in [0, 0.05) is 6.42 Å². The predicted octanol–water partition coefficient (Wildman–Crippen LogP) is 4.34. The molecule has 0 heterocycles. The minimum absolute atomic E-state index is 0.0778. The van der Waals surface area contributed by atoms with Crippen molar-refractivity contribution in [2.24, 2.45) is 11.7 Å².